The minimum atomic E-state index is 0.472. The molecule has 0 spiro atoms. The van der Waals surface area contributed by atoms with Gasteiger partial charge in [-0.3, -0.25) is 4.68 Å². The van der Waals surface area contributed by atoms with Crippen LogP contribution in [-0.4, -0.2) is 24.0 Å². The van der Waals surface area contributed by atoms with E-state index in [0.29, 0.717) is 6.04 Å². The van der Waals surface area contributed by atoms with Gasteiger partial charge in [-0.1, -0.05) is 55.7 Å². The van der Waals surface area contributed by atoms with Crippen LogP contribution in [0.5, 0.6) is 0 Å². The van der Waals surface area contributed by atoms with Crippen molar-refractivity contribution >= 4 is 49.1 Å². The summed E-state index contributed by atoms with van der Waals surface area (Å²) < 4.78 is 6.80. The van der Waals surface area contributed by atoms with Crippen molar-refractivity contribution in [1.29, 1.82) is 0 Å². The van der Waals surface area contributed by atoms with Crippen LogP contribution in [0.25, 0.3) is 49.1 Å². The second-order valence-corrected chi connectivity index (χ2v) is 10.9. The Morgan fingerprint density at radius 3 is 2.34 bits per heavy atom. The Morgan fingerprint density at radius 2 is 1.47 bits per heavy atom. The van der Waals surface area contributed by atoms with Crippen LogP contribution in [0.15, 0.2) is 79.1 Å². The molecule has 1 fully saturated rings. The van der Waals surface area contributed by atoms with Crippen molar-refractivity contribution in [1.82, 2.24) is 24.0 Å². The fourth-order valence-electron chi connectivity index (χ4n) is 6.98. The normalized spacial score (nSPS) is 15.1. The summed E-state index contributed by atoms with van der Waals surface area (Å²) in [7, 11) is 0. The highest BCUT2D eigenvalue weighted by Crippen LogP contribution is 2.36. The molecule has 0 unspecified atom stereocenters. The molecule has 38 heavy (non-hydrogen) atoms. The van der Waals surface area contributed by atoms with Gasteiger partial charge in [0.15, 0.2) is 0 Å². The lowest BCUT2D eigenvalue weighted by molar-refractivity contribution is 0.337. The number of aromatic nitrogens is 5. The molecule has 0 radical (unpaired) electrons. The SMILES string of the molecule is CCn1c2ccccc2c2cc(Cc3ccc4c(c3)c3c(cnn3C3CCCCC3)n3nccc43)ccc21. The molecule has 0 N–H and O–H groups in total. The molecule has 0 amide bonds. The molecule has 0 atom stereocenters. The average molecular weight is 498 g/mol. The van der Waals surface area contributed by atoms with Gasteiger partial charge in [0.05, 0.1) is 29.5 Å². The van der Waals surface area contributed by atoms with Gasteiger partial charge >= 0.3 is 0 Å². The van der Waals surface area contributed by atoms with E-state index in [0.717, 1.165) is 24.0 Å². The van der Waals surface area contributed by atoms with Crippen molar-refractivity contribution in [2.24, 2.45) is 0 Å². The molecule has 1 aliphatic carbocycles. The van der Waals surface area contributed by atoms with Crippen LogP contribution in [0.3, 0.4) is 0 Å². The first-order valence-electron chi connectivity index (χ1n) is 14.1. The van der Waals surface area contributed by atoms with Crippen molar-refractivity contribution in [3.63, 3.8) is 0 Å². The minimum absolute atomic E-state index is 0.472. The number of hydrogen-bond acceptors (Lipinski definition) is 2. The molecule has 8 rings (SSSR count). The molecule has 5 heteroatoms. The molecular formula is C33H31N5. The number of pyridine rings is 1. The van der Waals surface area contributed by atoms with Crippen molar-refractivity contribution in [2.75, 3.05) is 0 Å². The Hall–Kier alpha value is -4.12. The summed E-state index contributed by atoms with van der Waals surface area (Å²) in [5.41, 5.74) is 8.79. The summed E-state index contributed by atoms with van der Waals surface area (Å²) in [5, 5.41) is 14.8. The Kier molecular flexibility index (Phi) is 4.87. The lowest BCUT2D eigenvalue weighted by atomic mass is 9.95. The van der Waals surface area contributed by atoms with E-state index in [-0.39, 0.29) is 0 Å². The monoisotopic (exact) mass is 497 g/mol. The zero-order chi connectivity index (χ0) is 25.2. The quantitative estimate of drug-likeness (QED) is 0.247. The van der Waals surface area contributed by atoms with E-state index >= 15 is 0 Å². The molecule has 1 aliphatic rings. The second-order valence-electron chi connectivity index (χ2n) is 10.9. The molecule has 5 nitrogen and oxygen atoms in total. The predicted molar refractivity (Wildman–Crippen MR) is 156 cm³/mol. The van der Waals surface area contributed by atoms with Gasteiger partial charge < -0.3 is 4.57 Å². The molecule has 1 saturated carbocycles. The zero-order valence-electron chi connectivity index (χ0n) is 21.8. The fraction of sp³-hybridized carbons (Fsp3) is 0.273. The number of nitrogens with zero attached hydrogens (tertiary/aromatic N) is 5. The highest BCUT2D eigenvalue weighted by molar-refractivity contribution is 6.11. The molecule has 4 aromatic heterocycles. The Bertz CT molecular complexity index is 1980. The van der Waals surface area contributed by atoms with Crippen LogP contribution in [0, 0.1) is 0 Å². The molecule has 3 aromatic carbocycles. The molecule has 0 saturated heterocycles. The van der Waals surface area contributed by atoms with Gasteiger partial charge in [0.1, 0.15) is 5.52 Å². The van der Waals surface area contributed by atoms with Gasteiger partial charge in [0.25, 0.3) is 0 Å². The van der Waals surface area contributed by atoms with Crippen molar-refractivity contribution in [3.8, 4) is 0 Å². The zero-order valence-corrected chi connectivity index (χ0v) is 21.8. The first-order valence-corrected chi connectivity index (χ1v) is 14.1. The summed E-state index contributed by atoms with van der Waals surface area (Å²) in [6.45, 7) is 3.20. The van der Waals surface area contributed by atoms with Crippen LogP contribution in [0.4, 0.5) is 0 Å². The van der Waals surface area contributed by atoms with E-state index in [1.807, 2.05) is 12.4 Å². The average Bonchev–Trinajstić information content (AvgIpc) is 3.69. The summed E-state index contributed by atoms with van der Waals surface area (Å²) in [5.74, 6) is 0. The minimum Gasteiger partial charge on any atom is -0.341 e. The summed E-state index contributed by atoms with van der Waals surface area (Å²) in [4.78, 5) is 0. The fourth-order valence-corrected chi connectivity index (χ4v) is 6.98. The van der Waals surface area contributed by atoms with Crippen molar-refractivity contribution in [3.05, 3.63) is 90.3 Å². The maximum absolute atomic E-state index is 4.94. The van der Waals surface area contributed by atoms with Crippen LogP contribution < -0.4 is 0 Å². The van der Waals surface area contributed by atoms with Crippen LogP contribution in [-0.2, 0) is 13.0 Å². The summed E-state index contributed by atoms with van der Waals surface area (Å²) >= 11 is 0. The van der Waals surface area contributed by atoms with Gasteiger partial charge in [-0.2, -0.15) is 10.2 Å². The molecular weight excluding hydrogens is 466 g/mol. The third kappa shape index (κ3) is 3.17. The van der Waals surface area contributed by atoms with E-state index < -0.39 is 0 Å². The lowest BCUT2D eigenvalue weighted by Gasteiger charge is -2.23. The summed E-state index contributed by atoms with van der Waals surface area (Å²) in [6.07, 6.45) is 11.2. The predicted octanol–water partition coefficient (Wildman–Crippen LogP) is 8.06. The molecule has 188 valence electrons. The molecule has 0 aliphatic heterocycles. The van der Waals surface area contributed by atoms with E-state index in [1.54, 1.807) is 0 Å². The Balaban J connectivity index is 1.29. The van der Waals surface area contributed by atoms with E-state index in [9.17, 15) is 0 Å². The number of rotatable bonds is 4. The molecule has 4 heterocycles. The number of fused-ring (bicyclic) bond motifs is 9. The van der Waals surface area contributed by atoms with Gasteiger partial charge in [0.2, 0.25) is 0 Å². The largest absolute Gasteiger partial charge is 0.341 e. The highest BCUT2D eigenvalue weighted by atomic mass is 15.3. The van der Waals surface area contributed by atoms with Crippen molar-refractivity contribution < 1.29 is 0 Å². The van der Waals surface area contributed by atoms with Gasteiger partial charge in [-0.05, 0) is 67.6 Å². The third-order valence-corrected chi connectivity index (χ3v) is 8.74. The Labute approximate surface area is 221 Å². The highest BCUT2D eigenvalue weighted by Gasteiger charge is 2.22. The van der Waals surface area contributed by atoms with Crippen LogP contribution >= 0.6 is 0 Å². The van der Waals surface area contributed by atoms with Gasteiger partial charge in [-0.25, -0.2) is 4.52 Å². The first-order chi connectivity index (χ1) is 18.8. The van der Waals surface area contributed by atoms with Crippen LogP contribution in [0.2, 0.25) is 0 Å². The van der Waals surface area contributed by atoms with Gasteiger partial charge in [-0.15, -0.1) is 0 Å². The Morgan fingerprint density at radius 1 is 0.711 bits per heavy atom. The molecule has 7 aromatic rings. The standard InChI is InChI=1S/C33H31N5/c1-2-36-29-11-7-6-10-25(29)27-19-23(13-15-30(27)36)18-22-12-14-26-28(20-22)33-32(38-31(26)16-17-34-38)21-35-37(33)24-8-4-3-5-9-24/h6-7,10-17,19-21,24H,2-5,8-9,18H2,1H3. The van der Waals surface area contributed by atoms with E-state index in [4.69, 9.17) is 5.10 Å². The molecule has 0 bridgehead atoms. The maximum atomic E-state index is 4.94. The number of benzene rings is 3. The first kappa shape index (κ1) is 21.9. The topological polar surface area (TPSA) is 40.0 Å². The summed E-state index contributed by atoms with van der Waals surface area (Å²) in [6, 6.07) is 25.4. The number of hydrogen-bond donors (Lipinski definition) is 0. The maximum Gasteiger partial charge on any atom is 0.111 e. The van der Waals surface area contributed by atoms with E-state index in [2.05, 4.69) is 92.5 Å². The number of para-hydroxylation sites is 1. The van der Waals surface area contributed by atoms with E-state index in [1.165, 1.54) is 81.3 Å². The lowest BCUT2D eigenvalue weighted by Crippen LogP contribution is -2.14. The second kappa shape index (κ2) is 8.45. The number of aryl methyl sites for hydroxylation is 1. The smallest absolute Gasteiger partial charge is 0.111 e. The van der Waals surface area contributed by atoms with Crippen LogP contribution in [0.1, 0.15) is 56.2 Å². The van der Waals surface area contributed by atoms with Gasteiger partial charge in [0, 0.05) is 39.1 Å². The van der Waals surface area contributed by atoms with Crippen molar-refractivity contribution in [2.45, 2.75) is 58.0 Å². The third-order valence-electron chi connectivity index (χ3n) is 8.74.